The summed E-state index contributed by atoms with van der Waals surface area (Å²) >= 11 is 0. The summed E-state index contributed by atoms with van der Waals surface area (Å²) in [4.78, 5) is 22.1. The van der Waals surface area contributed by atoms with Crippen LogP contribution in [0.5, 0.6) is 5.75 Å². The van der Waals surface area contributed by atoms with Crippen molar-refractivity contribution in [2.75, 3.05) is 6.54 Å². The van der Waals surface area contributed by atoms with Crippen LogP contribution >= 0.6 is 0 Å². The number of halogens is 1. The van der Waals surface area contributed by atoms with E-state index in [0.29, 0.717) is 24.3 Å². The Morgan fingerprint density at radius 2 is 1.91 bits per heavy atom. The summed E-state index contributed by atoms with van der Waals surface area (Å²) in [5.74, 6) is -0.455. The first kappa shape index (κ1) is 16.7. The third-order valence-electron chi connectivity index (χ3n) is 3.25. The number of nitrogens with one attached hydrogen (secondary N) is 1. The van der Waals surface area contributed by atoms with Crippen molar-refractivity contribution in [1.29, 1.82) is 0 Å². The Hall–Kier alpha value is -2.69. The van der Waals surface area contributed by atoms with Crippen molar-refractivity contribution in [3.63, 3.8) is 0 Å². The Labute approximate surface area is 134 Å². The number of hydrogen-bond donors (Lipinski definition) is 1. The summed E-state index contributed by atoms with van der Waals surface area (Å²) in [7, 11) is 0. The highest BCUT2D eigenvalue weighted by Gasteiger charge is 2.09. The molecule has 0 aliphatic rings. The summed E-state index contributed by atoms with van der Waals surface area (Å²) in [6, 6.07) is 11.4. The van der Waals surface area contributed by atoms with E-state index in [0.717, 1.165) is 11.1 Å². The van der Waals surface area contributed by atoms with E-state index >= 15 is 0 Å². The molecule has 0 aliphatic heterocycles. The standard InChI is InChI=1S/C18H18FNO3/c1-12(21)20-9-8-14-6-7-17(23-13(2)22)11-18(14)15-4-3-5-16(19)10-15/h3-7,10-11H,8-9H2,1-2H3,(H,20,21). The molecule has 4 nitrogen and oxygen atoms in total. The van der Waals surface area contributed by atoms with E-state index in [1.807, 2.05) is 6.07 Å². The Bertz CT molecular complexity index is 728. The lowest BCUT2D eigenvalue weighted by Crippen LogP contribution is -2.22. The topological polar surface area (TPSA) is 55.4 Å². The van der Waals surface area contributed by atoms with E-state index in [1.54, 1.807) is 24.3 Å². The zero-order chi connectivity index (χ0) is 16.8. The summed E-state index contributed by atoms with van der Waals surface area (Å²) in [6.45, 7) is 3.26. The van der Waals surface area contributed by atoms with E-state index in [4.69, 9.17) is 4.74 Å². The summed E-state index contributed by atoms with van der Waals surface area (Å²) in [5, 5.41) is 2.73. The Balaban J connectivity index is 2.36. The molecular weight excluding hydrogens is 297 g/mol. The molecular formula is C18H18FNO3. The van der Waals surface area contributed by atoms with Gasteiger partial charge in [-0.2, -0.15) is 0 Å². The zero-order valence-electron chi connectivity index (χ0n) is 13.1. The molecule has 120 valence electrons. The number of esters is 1. The molecule has 0 atom stereocenters. The molecule has 5 heteroatoms. The Morgan fingerprint density at radius 1 is 1.13 bits per heavy atom. The molecule has 2 rings (SSSR count). The molecule has 0 aromatic heterocycles. The van der Waals surface area contributed by atoms with Crippen molar-refractivity contribution in [2.24, 2.45) is 0 Å². The molecule has 0 saturated carbocycles. The molecule has 2 aromatic rings. The molecule has 0 radical (unpaired) electrons. The average molecular weight is 315 g/mol. The average Bonchev–Trinajstić information content (AvgIpc) is 2.47. The fourth-order valence-electron chi connectivity index (χ4n) is 2.30. The second-order valence-electron chi connectivity index (χ2n) is 5.16. The predicted octanol–water partition coefficient (Wildman–Crippen LogP) is 3.10. The van der Waals surface area contributed by atoms with E-state index in [1.165, 1.54) is 26.0 Å². The van der Waals surface area contributed by atoms with Crippen molar-refractivity contribution in [2.45, 2.75) is 20.3 Å². The smallest absolute Gasteiger partial charge is 0.308 e. The fourth-order valence-corrected chi connectivity index (χ4v) is 2.30. The van der Waals surface area contributed by atoms with Gasteiger partial charge in [0.25, 0.3) is 0 Å². The molecule has 0 aliphatic carbocycles. The first-order valence-electron chi connectivity index (χ1n) is 7.27. The molecule has 0 heterocycles. The Morgan fingerprint density at radius 3 is 2.57 bits per heavy atom. The van der Waals surface area contributed by atoms with Crippen molar-refractivity contribution in [1.82, 2.24) is 5.32 Å². The number of rotatable bonds is 5. The van der Waals surface area contributed by atoms with Gasteiger partial charge in [0.1, 0.15) is 11.6 Å². The molecule has 0 bridgehead atoms. The van der Waals surface area contributed by atoms with Crippen LogP contribution in [0.1, 0.15) is 19.4 Å². The SMILES string of the molecule is CC(=O)NCCc1ccc(OC(C)=O)cc1-c1cccc(F)c1. The molecule has 1 N–H and O–H groups in total. The molecule has 0 saturated heterocycles. The molecule has 23 heavy (non-hydrogen) atoms. The van der Waals surface area contributed by atoms with Gasteiger partial charge in [0.05, 0.1) is 0 Å². The maximum atomic E-state index is 13.5. The lowest BCUT2D eigenvalue weighted by molar-refractivity contribution is -0.131. The maximum absolute atomic E-state index is 13.5. The maximum Gasteiger partial charge on any atom is 0.308 e. The quantitative estimate of drug-likeness (QED) is 0.681. The van der Waals surface area contributed by atoms with Crippen LogP contribution in [0.4, 0.5) is 4.39 Å². The first-order chi connectivity index (χ1) is 11.0. The number of carbonyl (C=O) groups excluding carboxylic acids is 2. The van der Waals surface area contributed by atoms with E-state index in [2.05, 4.69) is 5.32 Å². The van der Waals surface area contributed by atoms with Crippen molar-refractivity contribution >= 4 is 11.9 Å². The normalized spacial score (nSPS) is 10.2. The van der Waals surface area contributed by atoms with Gasteiger partial charge in [-0.05, 0) is 47.4 Å². The minimum absolute atomic E-state index is 0.103. The second-order valence-corrected chi connectivity index (χ2v) is 5.16. The van der Waals surface area contributed by atoms with E-state index < -0.39 is 5.97 Å². The molecule has 0 fully saturated rings. The highest BCUT2D eigenvalue weighted by Crippen LogP contribution is 2.29. The van der Waals surface area contributed by atoms with Crippen LogP contribution in [-0.2, 0) is 16.0 Å². The van der Waals surface area contributed by atoms with Gasteiger partial charge in [0, 0.05) is 20.4 Å². The third-order valence-corrected chi connectivity index (χ3v) is 3.25. The lowest BCUT2D eigenvalue weighted by Gasteiger charge is -2.12. The fraction of sp³-hybridized carbons (Fsp3) is 0.222. The summed E-state index contributed by atoms with van der Waals surface area (Å²) < 4.78 is 18.6. The van der Waals surface area contributed by atoms with Gasteiger partial charge in [-0.1, -0.05) is 18.2 Å². The van der Waals surface area contributed by atoms with Crippen molar-refractivity contribution < 1.29 is 18.7 Å². The van der Waals surface area contributed by atoms with Crippen LogP contribution in [0.25, 0.3) is 11.1 Å². The van der Waals surface area contributed by atoms with Crippen LogP contribution in [-0.4, -0.2) is 18.4 Å². The summed E-state index contributed by atoms with van der Waals surface area (Å²) in [6.07, 6.45) is 0.589. The van der Waals surface area contributed by atoms with Crippen LogP contribution in [0.15, 0.2) is 42.5 Å². The van der Waals surface area contributed by atoms with Crippen molar-refractivity contribution in [3.05, 3.63) is 53.8 Å². The predicted molar refractivity (Wildman–Crippen MR) is 85.5 cm³/mol. The molecule has 1 amide bonds. The largest absolute Gasteiger partial charge is 0.427 e. The zero-order valence-corrected chi connectivity index (χ0v) is 13.1. The number of hydrogen-bond acceptors (Lipinski definition) is 3. The Kier molecular flexibility index (Phi) is 5.46. The molecule has 0 spiro atoms. The number of ether oxygens (including phenoxy) is 1. The minimum Gasteiger partial charge on any atom is -0.427 e. The molecule has 2 aromatic carbocycles. The number of benzene rings is 2. The van der Waals surface area contributed by atoms with E-state index in [-0.39, 0.29) is 11.7 Å². The van der Waals surface area contributed by atoms with Gasteiger partial charge in [0.15, 0.2) is 0 Å². The van der Waals surface area contributed by atoms with Gasteiger partial charge in [-0.25, -0.2) is 4.39 Å². The van der Waals surface area contributed by atoms with Crippen LogP contribution in [0, 0.1) is 5.82 Å². The van der Waals surface area contributed by atoms with Crippen molar-refractivity contribution in [3.8, 4) is 16.9 Å². The van der Waals surface area contributed by atoms with Gasteiger partial charge in [-0.3, -0.25) is 9.59 Å². The van der Waals surface area contributed by atoms with Crippen LogP contribution < -0.4 is 10.1 Å². The highest BCUT2D eigenvalue weighted by molar-refractivity contribution is 5.74. The van der Waals surface area contributed by atoms with Gasteiger partial charge < -0.3 is 10.1 Å². The van der Waals surface area contributed by atoms with Gasteiger partial charge >= 0.3 is 5.97 Å². The molecule has 0 unspecified atom stereocenters. The van der Waals surface area contributed by atoms with Gasteiger partial charge in [-0.15, -0.1) is 0 Å². The van der Waals surface area contributed by atoms with Gasteiger partial charge in [0.2, 0.25) is 5.91 Å². The van der Waals surface area contributed by atoms with Crippen LogP contribution in [0.3, 0.4) is 0 Å². The third kappa shape index (κ3) is 4.92. The second kappa shape index (κ2) is 7.54. The number of carbonyl (C=O) groups is 2. The number of amides is 1. The first-order valence-corrected chi connectivity index (χ1v) is 7.27. The van der Waals surface area contributed by atoms with Crippen LogP contribution in [0.2, 0.25) is 0 Å². The summed E-state index contributed by atoms with van der Waals surface area (Å²) in [5.41, 5.74) is 2.39. The lowest BCUT2D eigenvalue weighted by atomic mass is 9.97. The minimum atomic E-state index is -0.416. The van der Waals surface area contributed by atoms with E-state index in [9.17, 15) is 14.0 Å². The monoisotopic (exact) mass is 315 g/mol. The highest BCUT2D eigenvalue weighted by atomic mass is 19.1.